The van der Waals surface area contributed by atoms with Gasteiger partial charge in [-0.3, -0.25) is 0 Å². The van der Waals surface area contributed by atoms with Gasteiger partial charge in [0.2, 0.25) is 0 Å². The third-order valence-corrected chi connectivity index (χ3v) is 2.54. The third-order valence-electron chi connectivity index (χ3n) is 2.54. The summed E-state index contributed by atoms with van der Waals surface area (Å²) in [5.41, 5.74) is 0. The summed E-state index contributed by atoms with van der Waals surface area (Å²) < 4.78 is 16.8. The average molecular weight is 242 g/mol. The topological polar surface area (TPSA) is 31.0 Å². The van der Waals surface area contributed by atoms with Crippen LogP contribution in [-0.4, -0.2) is 30.2 Å². The highest BCUT2D eigenvalue weighted by Gasteiger charge is 2.56. The fourth-order valence-electron chi connectivity index (χ4n) is 1.99. The Balaban J connectivity index is 0.000000256. The monoisotopic (exact) mass is 242 g/mol. The molecule has 0 bridgehead atoms. The van der Waals surface area contributed by atoms with Gasteiger partial charge in [0.05, 0.1) is 0 Å². The van der Waals surface area contributed by atoms with Crippen LogP contribution in [0.2, 0.25) is 0 Å². The average Bonchev–Trinajstić information content (AvgIpc) is 2.99. The molecule has 3 nitrogen and oxygen atoms in total. The minimum atomic E-state index is -0.444. The molecule has 2 heterocycles. The molecule has 3 rings (SSSR count). The number of epoxide rings is 1. The van der Waals surface area contributed by atoms with Crippen molar-refractivity contribution in [2.45, 2.75) is 78.2 Å². The van der Waals surface area contributed by atoms with Gasteiger partial charge in [-0.1, -0.05) is 46.3 Å². The van der Waals surface area contributed by atoms with E-state index in [0.29, 0.717) is 6.10 Å². The molecule has 3 heteroatoms. The van der Waals surface area contributed by atoms with Crippen molar-refractivity contribution in [3.8, 4) is 0 Å². The van der Waals surface area contributed by atoms with E-state index >= 15 is 0 Å². The molecule has 1 aliphatic carbocycles. The Morgan fingerprint density at radius 3 is 2.06 bits per heavy atom. The van der Waals surface area contributed by atoms with Crippen LogP contribution in [0.15, 0.2) is 12.2 Å². The lowest BCUT2D eigenvalue weighted by Gasteiger charge is -2.15. The molecule has 3 aliphatic rings. The van der Waals surface area contributed by atoms with Crippen molar-refractivity contribution in [3.63, 3.8) is 0 Å². The molecule has 2 aliphatic heterocycles. The van der Waals surface area contributed by atoms with Crippen LogP contribution < -0.4 is 0 Å². The quantitative estimate of drug-likeness (QED) is 0.482. The van der Waals surface area contributed by atoms with E-state index in [4.69, 9.17) is 14.2 Å². The summed E-state index contributed by atoms with van der Waals surface area (Å²) in [6.07, 6.45) is 6.13. The van der Waals surface area contributed by atoms with E-state index in [2.05, 4.69) is 19.9 Å². The summed E-state index contributed by atoms with van der Waals surface area (Å²) in [7, 11) is 0. The molecule has 0 saturated carbocycles. The number of ether oxygens (including phenoxy) is 3. The molecule has 1 unspecified atom stereocenters. The molecule has 0 aromatic carbocycles. The van der Waals surface area contributed by atoms with Crippen molar-refractivity contribution >= 4 is 0 Å². The predicted octanol–water partition coefficient (Wildman–Crippen LogP) is 3.29. The van der Waals surface area contributed by atoms with Gasteiger partial charge in [-0.05, 0) is 13.8 Å². The van der Waals surface area contributed by atoms with Crippen LogP contribution in [-0.2, 0) is 14.2 Å². The van der Waals surface area contributed by atoms with Crippen LogP contribution in [0.5, 0.6) is 0 Å². The Labute approximate surface area is 105 Å². The molecule has 0 aromatic rings. The Kier molecular flexibility index (Phi) is 5.17. The zero-order valence-electron chi connectivity index (χ0n) is 11.9. The van der Waals surface area contributed by atoms with E-state index in [1.807, 2.05) is 33.8 Å². The number of hydrogen-bond acceptors (Lipinski definition) is 3. The summed E-state index contributed by atoms with van der Waals surface area (Å²) >= 11 is 0. The van der Waals surface area contributed by atoms with Crippen LogP contribution in [0, 0.1) is 0 Å². The van der Waals surface area contributed by atoms with Crippen molar-refractivity contribution in [1.82, 2.24) is 0 Å². The molecule has 2 saturated heterocycles. The molecule has 0 amide bonds. The zero-order valence-corrected chi connectivity index (χ0v) is 11.9. The van der Waals surface area contributed by atoms with Crippen LogP contribution in [0.4, 0.5) is 0 Å². The molecule has 0 aromatic heterocycles. The third kappa shape index (κ3) is 3.54. The van der Waals surface area contributed by atoms with Crippen molar-refractivity contribution in [3.05, 3.63) is 12.2 Å². The second kappa shape index (κ2) is 5.98. The first-order valence-corrected chi connectivity index (χ1v) is 6.77. The van der Waals surface area contributed by atoms with Gasteiger partial charge in [0.1, 0.15) is 24.4 Å². The van der Waals surface area contributed by atoms with Gasteiger partial charge in [-0.2, -0.15) is 0 Å². The van der Waals surface area contributed by atoms with E-state index in [9.17, 15) is 0 Å². The molecule has 17 heavy (non-hydrogen) atoms. The summed E-state index contributed by atoms with van der Waals surface area (Å²) in [6, 6.07) is 0. The summed E-state index contributed by atoms with van der Waals surface area (Å²) in [5, 5.41) is 0. The number of fused-ring (bicyclic) bond motifs is 3. The van der Waals surface area contributed by atoms with Gasteiger partial charge in [-0.25, -0.2) is 0 Å². The Bertz CT molecular complexity index is 260. The lowest BCUT2D eigenvalue weighted by Crippen LogP contribution is -2.30. The molecular formula is C14H26O3. The highest BCUT2D eigenvalue weighted by molar-refractivity contribution is 5.18. The Morgan fingerprint density at radius 2 is 1.47 bits per heavy atom. The molecule has 100 valence electrons. The maximum absolute atomic E-state index is 5.71. The van der Waals surface area contributed by atoms with E-state index in [1.165, 1.54) is 6.42 Å². The summed E-state index contributed by atoms with van der Waals surface area (Å²) in [6.45, 7) is 12.1. The molecule has 0 spiro atoms. The van der Waals surface area contributed by atoms with E-state index in [-0.39, 0.29) is 18.3 Å². The maximum Gasteiger partial charge on any atom is 0.164 e. The van der Waals surface area contributed by atoms with Gasteiger partial charge in [0.25, 0.3) is 0 Å². The van der Waals surface area contributed by atoms with Crippen molar-refractivity contribution in [2.75, 3.05) is 0 Å². The van der Waals surface area contributed by atoms with Gasteiger partial charge in [-0.15, -0.1) is 0 Å². The van der Waals surface area contributed by atoms with Gasteiger partial charge >= 0.3 is 0 Å². The van der Waals surface area contributed by atoms with E-state index < -0.39 is 5.79 Å². The van der Waals surface area contributed by atoms with Crippen molar-refractivity contribution in [2.24, 2.45) is 0 Å². The smallest absolute Gasteiger partial charge is 0.164 e. The van der Waals surface area contributed by atoms with Crippen LogP contribution in [0.3, 0.4) is 0 Å². The molecule has 2 fully saturated rings. The summed E-state index contributed by atoms with van der Waals surface area (Å²) in [5.74, 6) is -0.444. The first kappa shape index (κ1) is 14.7. The highest BCUT2D eigenvalue weighted by atomic mass is 16.8. The highest BCUT2D eigenvalue weighted by Crippen LogP contribution is 2.42. The van der Waals surface area contributed by atoms with Crippen molar-refractivity contribution < 1.29 is 14.2 Å². The fourth-order valence-corrected chi connectivity index (χ4v) is 1.99. The Morgan fingerprint density at radius 1 is 0.941 bits per heavy atom. The van der Waals surface area contributed by atoms with Crippen molar-refractivity contribution in [1.29, 1.82) is 0 Å². The number of hydrogen-bond donors (Lipinski definition) is 0. The Hall–Kier alpha value is -0.380. The zero-order chi connectivity index (χ0) is 13.1. The molecular weight excluding hydrogens is 216 g/mol. The van der Waals surface area contributed by atoms with Gasteiger partial charge < -0.3 is 14.2 Å². The van der Waals surface area contributed by atoms with Gasteiger partial charge in [0, 0.05) is 0 Å². The van der Waals surface area contributed by atoms with Crippen LogP contribution in [0.25, 0.3) is 0 Å². The minimum Gasteiger partial charge on any atom is -0.362 e. The normalized spacial score (nSPS) is 38.9. The minimum absolute atomic E-state index is 0.101. The molecule has 4 atom stereocenters. The second-order valence-corrected chi connectivity index (χ2v) is 4.72. The molecule has 0 N–H and O–H groups in total. The first-order chi connectivity index (χ1) is 8.07. The maximum atomic E-state index is 5.71. The van der Waals surface area contributed by atoms with Crippen LogP contribution in [0.1, 0.15) is 48.0 Å². The SMILES string of the molecule is CC.CC1(C)O[C@H]2[C@@H]3OC3C=C[C@H]2O1.CCC. The standard InChI is InChI=1S/C9H12O3.C3H8.C2H6/c1-9(2)11-6-4-3-5-7(10-5)8(6)12-9;1-3-2;1-2/h3-8H,1-2H3;3H2,1-2H3;1-2H3/t5?,6-,7-,8-;;/m1../s1. The van der Waals surface area contributed by atoms with Crippen LogP contribution >= 0.6 is 0 Å². The summed E-state index contributed by atoms with van der Waals surface area (Å²) in [4.78, 5) is 0. The van der Waals surface area contributed by atoms with Gasteiger partial charge in [0.15, 0.2) is 5.79 Å². The van der Waals surface area contributed by atoms with E-state index in [1.54, 1.807) is 0 Å². The number of rotatable bonds is 0. The fraction of sp³-hybridized carbons (Fsp3) is 0.857. The second-order valence-electron chi connectivity index (χ2n) is 4.72. The lowest BCUT2D eigenvalue weighted by atomic mass is 10.0. The van der Waals surface area contributed by atoms with E-state index in [0.717, 1.165) is 0 Å². The largest absolute Gasteiger partial charge is 0.362 e. The first-order valence-electron chi connectivity index (χ1n) is 6.77. The molecule has 0 radical (unpaired) electrons. The predicted molar refractivity (Wildman–Crippen MR) is 68.9 cm³/mol. The lowest BCUT2D eigenvalue weighted by molar-refractivity contribution is -0.144.